The number of furan rings is 1. The van der Waals surface area contributed by atoms with Crippen molar-refractivity contribution >= 4 is 16.9 Å². The molecule has 0 aliphatic carbocycles. The van der Waals surface area contributed by atoms with Gasteiger partial charge in [0.1, 0.15) is 11.3 Å². The van der Waals surface area contributed by atoms with Gasteiger partial charge >= 0.3 is 12.1 Å². The second-order valence-corrected chi connectivity index (χ2v) is 6.84. The van der Waals surface area contributed by atoms with Gasteiger partial charge in [-0.1, -0.05) is 0 Å². The number of hydrogen-bond donors (Lipinski definition) is 1. The Morgan fingerprint density at radius 3 is 2.58 bits per heavy atom. The Balaban J connectivity index is 1.59. The number of ether oxygens (including phenoxy) is 1. The van der Waals surface area contributed by atoms with E-state index in [1.54, 1.807) is 31.4 Å². The third-order valence-corrected chi connectivity index (χ3v) is 4.65. The van der Waals surface area contributed by atoms with E-state index in [2.05, 4.69) is 10.2 Å². The Morgan fingerprint density at radius 2 is 1.90 bits per heavy atom. The van der Waals surface area contributed by atoms with Crippen molar-refractivity contribution < 1.29 is 32.2 Å². The summed E-state index contributed by atoms with van der Waals surface area (Å²) in [5, 5.41) is 18.2. The predicted molar refractivity (Wildman–Crippen MR) is 103 cm³/mol. The van der Waals surface area contributed by atoms with Crippen molar-refractivity contribution in [2.24, 2.45) is 0 Å². The fourth-order valence-corrected chi connectivity index (χ4v) is 3.08. The molecule has 4 aromatic rings. The topological polar surface area (TPSA) is 90.4 Å². The number of benzene rings is 2. The Kier molecular flexibility index (Phi) is 5.14. The highest BCUT2D eigenvalue weighted by Crippen LogP contribution is 2.30. The third-order valence-electron chi connectivity index (χ3n) is 4.65. The summed E-state index contributed by atoms with van der Waals surface area (Å²) in [4.78, 5) is 12.0. The van der Waals surface area contributed by atoms with Crippen LogP contribution in [0.3, 0.4) is 0 Å². The molecule has 2 heterocycles. The molecule has 0 saturated carbocycles. The lowest BCUT2D eigenvalue weighted by Crippen LogP contribution is -2.09. The molecule has 7 nitrogen and oxygen atoms in total. The Bertz CT molecular complexity index is 1240. The van der Waals surface area contributed by atoms with Crippen molar-refractivity contribution in [2.45, 2.75) is 19.5 Å². The van der Waals surface area contributed by atoms with Gasteiger partial charge in [0.25, 0.3) is 0 Å². The fraction of sp³-hybridized carbons (Fsp3) is 0.190. The first-order chi connectivity index (χ1) is 14.7. The quantitative estimate of drug-likeness (QED) is 0.487. The number of carboxylic acid groups (broad SMARTS) is 1. The maximum atomic E-state index is 12.8. The van der Waals surface area contributed by atoms with Gasteiger partial charge in [0, 0.05) is 17.4 Å². The van der Waals surface area contributed by atoms with Crippen LogP contribution in [0, 0.1) is 6.92 Å². The molecule has 31 heavy (non-hydrogen) atoms. The molecule has 0 spiro atoms. The van der Waals surface area contributed by atoms with Crippen LogP contribution in [0.1, 0.15) is 22.5 Å². The van der Waals surface area contributed by atoms with Gasteiger partial charge in [-0.15, -0.1) is 0 Å². The number of aryl methyl sites for hydroxylation is 1. The average Bonchev–Trinajstić information content (AvgIpc) is 3.29. The predicted octanol–water partition coefficient (Wildman–Crippen LogP) is 4.39. The second-order valence-electron chi connectivity index (χ2n) is 6.84. The van der Waals surface area contributed by atoms with Crippen LogP contribution >= 0.6 is 0 Å². The molecule has 1 N–H and O–H groups in total. The number of nitrogens with zero attached hydrogens (tertiary/aromatic N) is 3. The molecule has 160 valence electrons. The second kappa shape index (κ2) is 7.78. The van der Waals surface area contributed by atoms with E-state index in [1.165, 1.54) is 16.9 Å². The van der Waals surface area contributed by atoms with Crippen LogP contribution < -0.4 is 4.74 Å². The zero-order valence-electron chi connectivity index (χ0n) is 16.2. The van der Waals surface area contributed by atoms with E-state index in [0.717, 1.165) is 23.1 Å². The minimum atomic E-state index is -4.41. The summed E-state index contributed by atoms with van der Waals surface area (Å²) in [7, 11) is 0. The van der Waals surface area contributed by atoms with Gasteiger partial charge in [0.05, 0.1) is 28.9 Å². The number of aromatic nitrogens is 3. The first-order valence-electron chi connectivity index (χ1n) is 9.16. The summed E-state index contributed by atoms with van der Waals surface area (Å²) in [6.45, 7) is 1.30. The number of carbonyl (C=O) groups is 1. The van der Waals surface area contributed by atoms with Crippen LogP contribution in [-0.2, 0) is 17.4 Å². The number of rotatable bonds is 6. The average molecular weight is 431 g/mol. The van der Waals surface area contributed by atoms with Crippen molar-refractivity contribution in [3.05, 3.63) is 71.2 Å². The molecular formula is C21H16F3N3O4. The first kappa shape index (κ1) is 20.5. The van der Waals surface area contributed by atoms with Gasteiger partial charge < -0.3 is 14.3 Å². The van der Waals surface area contributed by atoms with E-state index in [9.17, 15) is 18.0 Å². The molecule has 0 bridgehead atoms. The van der Waals surface area contributed by atoms with Crippen LogP contribution in [0.25, 0.3) is 16.7 Å². The standard InChI is InChI=1S/C21H16F3N3O4/c1-12-18(26-27(25-12)15-4-2-14(3-5-15)21(22,23)24)8-13-10-31-19-7-6-16(9-17(13)19)30-11-20(28)29/h2-7,9-10H,8,11H2,1H3,(H,28,29). The van der Waals surface area contributed by atoms with Crippen LogP contribution in [0.15, 0.2) is 53.1 Å². The summed E-state index contributed by atoms with van der Waals surface area (Å²) in [5.74, 6) is -0.689. The minimum Gasteiger partial charge on any atom is -0.482 e. The molecule has 0 unspecified atom stereocenters. The van der Waals surface area contributed by atoms with E-state index in [-0.39, 0.29) is 0 Å². The molecule has 0 aliphatic heterocycles. The highest BCUT2D eigenvalue weighted by atomic mass is 19.4. The van der Waals surface area contributed by atoms with Gasteiger partial charge in [-0.3, -0.25) is 0 Å². The number of alkyl halides is 3. The number of halogens is 3. The largest absolute Gasteiger partial charge is 0.482 e. The molecule has 0 radical (unpaired) electrons. The molecule has 0 fully saturated rings. The molecule has 0 aliphatic rings. The van der Waals surface area contributed by atoms with Crippen LogP contribution in [-0.4, -0.2) is 32.7 Å². The van der Waals surface area contributed by atoms with Crippen LogP contribution in [0.2, 0.25) is 0 Å². The smallest absolute Gasteiger partial charge is 0.416 e. The maximum Gasteiger partial charge on any atom is 0.416 e. The van der Waals surface area contributed by atoms with Gasteiger partial charge in [-0.2, -0.15) is 28.2 Å². The molecule has 2 aromatic carbocycles. The number of aliphatic carboxylic acids is 1. The summed E-state index contributed by atoms with van der Waals surface area (Å²) >= 11 is 0. The normalized spacial score (nSPS) is 11.7. The number of carboxylic acids is 1. The highest BCUT2D eigenvalue weighted by Gasteiger charge is 2.30. The summed E-state index contributed by atoms with van der Waals surface area (Å²) in [6, 6.07) is 9.57. The zero-order valence-corrected chi connectivity index (χ0v) is 16.2. The lowest BCUT2D eigenvalue weighted by atomic mass is 10.1. The molecule has 4 rings (SSSR count). The SMILES string of the molecule is Cc1nn(-c2ccc(C(F)(F)F)cc2)nc1Cc1coc2ccc(OCC(=O)O)cc12. The van der Waals surface area contributed by atoms with Crippen molar-refractivity contribution in [1.29, 1.82) is 0 Å². The van der Waals surface area contributed by atoms with Crippen molar-refractivity contribution in [2.75, 3.05) is 6.61 Å². The van der Waals surface area contributed by atoms with Crippen molar-refractivity contribution in [3.8, 4) is 11.4 Å². The van der Waals surface area contributed by atoms with Gasteiger partial charge in [0.2, 0.25) is 0 Å². The lowest BCUT2D eigenvalue weighted by Gasteiger charge is -2.06. The van der Waals surface area contributed by atoms with Gasteiger partial charge in [-0.25, -0.2) is 4.79 Å². The van der Waals surface area contributed by atoms with Crippen LogP contribution in [0.4, 0.5) is 13.2 Å². The molecule has 2 aromatic heterocycles. The lowest BCUT2D eigenvalue weighted by molar-refractivity contribution is -0.139. The molecule has 0 amide bonds. The zero-order chi connectivity index (χ0) is 22.2. The Morgan fingerprint density at radius 1 is 1.16 bits per heavy atom. The van der Waals surface area contributed by atoms with Crippen LogP contribution in [0.5, 0.6) is 5.75 Å². The van der Waals surface area contributed by atoms with E-state index in [0.29, 0.717) is 34.8 Å². The highest BCUT2D eigenvalue weighted by molar-refractivity contribution is 5.83. The monoisotopic (exact) mass is 431 g/mol. The Labute approximate surface area is 173 Å². The summed E-state index contributed by atoms with van der Waals surface area (Å²) < 4.78 is 49.0. The number of hydrogen-bond acceptors (Lipinski definition) is 5. The van der Waals surface area contributed by atoms with Crippen molar-refractivity contribution in [3.63, 3.8) is 0 Å². The summed E-state index contributed by atoms with van der Waals surface area (Å²) in [5.41, 5.74) is 2.30. The molecular weight excluding hydrogens is 415 g/mol. The van der Waals surface area contributed by atoms with E-state index in [1.807, 2.05) is 0 Å². The van der Waals surface area contributed by atoms with E-state index < -0.39 is 24.3 Å². The van der Waals surface area contributed by atoms with Gasteiger partial charge in [-0.05, 0) is 49.4 Å². The molecule has 0 saturated heterocycles. The molecule has 0 atom stereocenters. The van der Waals surface area contributed by atoms with E-state index in [4.69, 9.17) is 14.3 Å². The van der Waals surface area contributed by atoms with Crippen molar-refractivity contribution in [1.82, 2.24) is 15.0 Å². The third kappa shape index (κ3) is 4.37. The molecule has 10 heteroatoms. The maximum absolute atomic E-state index is 12.8. The first-order valence-corrected chi connectivity index (χ1v) is 9.16. The minimum absolute atomic E-state index is 0.363. The van der Waals surface area contributed by atoms with E-state index >= 15 is 0 Å². The summed E-state index contributed by atoms with van der Waals surface area (Å²) in [6.07, 6.45) is -2.48. The fourth-order valence-electron chi connectivity index (χ4n) is 3.08. The number of fused-ring (bicyclic) bond motifs is 1. The Hall–Kier alpha value is -3.82. The van der Waals surface area contributed by atoms with Gasteiger partial charge in [0.15, 0.2) is 6.61 Å².